The van der Waals surface area contributed by atoms with Gasteiger partial charge in [0.1, 0.15) is 12.6 Å². The summed E-state index contributed by atoms with van der Waals surface area (Å²) in [6.45, 7) is 1.81. The molecule has 2 nitrogen and oxygen atoms in total. The average Bonchev–Trinajstić information content (AvgIpc) is 2.19. The Morgan fingerprint density at radius 3 is 1.92 bits per heavy atom. The maximum absolute atomic E-state index is 10.0. The summed E-state index contributed by atoms with van der Waals surface area (Å²) in [6, 6.07) is 9.10. The first-order chi connectivity index (χ1) is 5.85. The van der Waals surface area contributed by atoms with E-state index in [9.17, 15) is 9.59 Å². The van der Waals surface area contributed by atoms with Crippen LogP contribution in [-0.2, 0) is 4.79 Å². The first-order valence-corrected chi connectivity index (χ1v) is 3.79. The van der Waals surface area contributed by atoms with Gasteiger partial charge in [-0.15, -0.1) is 0 Å². The van der Waals surface area contributed by atoms with Crippen molar-refractivity contribution < 1.29 is 9.59 Å². The zero-order valence-corrected chi connectivity index (χ0v) is 7.07. The summed E-state index contributed by atoms with van der Waals surface area (Å²) in [7, 11) is 0. The summed E-state index contributed by atoms with van der Waals surface area (Å²) < 4.78 is 0. The molecule has 0 fully saturated rings. The molecular weight excluding hydrogens is 152 g/mol. The zero-order valence-electron chi connectivity index (χ0n) is 7.07. The molecule has 0 radical (unpaired) electrons. The lowest BCUT2D eigenvalue weighted by atomic mass is 10.2. The van der Waals surface area contributed by atoms with Crippen molar-refractivity contribution in [3.63, 3.8) is 0 Å². The molecule has 0 aliphatic heterocycles. The number of benzene rings is 1. The molecule has 0 N–H and O–H groups in total. The summed E-state index contributed by atoms with van der Waals surface area (Å²) in [4.78, 5) is 19.2. The molecule has 0 aromatic heterocycles. The van der Waals surface area contributed by atoms with Crippen LogP contribution in [0.5, 0.6) is 0 Å². The van der Waals surface area contributed by atoms with Crippen LogP contribution in [0.15, 0.2) is 30.3 Å². The molecule has 1 rings (SSSR count). The predicted octanol–water partition coefficient (Wildman–Crippen LogP) is 2.09. The van der Waals surface area contributed by atoms with E-state index in [1.54, 1.807) is 12.1 Å². The van der Waals surface area contributed by atoms with Crippen molar-refractivity contribution in [3.05, 3.63) is 35.9 Å². The number of carbonyl (C=O) groups excluding carboxylic acids is 2. The Morgan fingerprint density at radius 2 is 1.67 bits per heavy atom. The molecule has 0 saturated heterocycles. The van der Waals surface area contributed by atoms with Crippen LogP contribution in [-0.4, -0.2) is 12.6 Å². The summed E-state index contributed by atoms with van der Waals surface area (Å²) in [5.41, 5.74) is 0.729. The molecule has 0 aliphatic carbocycles. The third-order valence-corrected chi connectivity index (χ3v) is 1.10. The average molecular weight is 164 g/mol. The predicted molar refractivity (Wildman–Crippen MR) is 48.2 cm³/mol. The van der Waals surface area contributed by atoms with E-state index in [0.717, 1.165) is 18.1 Å². The highest BCUT2D eigenvalue weighted by atomic mass is 16.1. The molecule has 0 spiro atoms. The third-order valence-electron chi connectivity index (χ3n) is 1.10. The number of aldehydes is 2. The quantitative estimate of drug-likeness (QED) is 0.627. The number of hydrogen-bond acceptors (Lipinski definition) is 2. The highest BCUT2D eigenvalue weighted by Gasteiger charge is 1.79. The van der Waals surface area contributed by atoms with E-state index in [4.69, 9.17) is 0 Å². The van der Waals surface area contributed by atoms with E-state index < -0.39 is 0 Å². The summed E-state index contributed by atoms with van der Waals surface area (Å²) in [5.74, 6) is 0. The minimum atomic E-state index is 0.639. The van der Waals surface area contributed by atoms with Gasteiger partial charge in [-0.1, -0.05) is 37.3 Å². The Labute approximate surface area is 72.2 Å². The molecule has 0 bridgehead atoms. The molecule has 64 valence electrons. The molecular formula is C10H12O2. The van der Waals surface area contributed by atoms with Crippen LogP contribution < -0.4 is 0 Å². The second-order valence-corrected chi connectivity index (χ2v) is 2.10. The zero-order chi connectivity index (χ0) is 9.23. The third kappa shape index (κ3) is 5.35. The topological polar surface area (TPSA) is 34.1 Å². The molecule has 1 aromatic rings. The summed E-state index contributed by atoms with van der Waals surface area (Å²) >= 11 is 0. The Morgan fingerprint density at radius 1 is 1.17 bits per heavy atom. The van der Waals surface area contributed by atoms with Crippen molar-refractivity contribution in [3.8, 4) is 0 Å². The smallest absolute Gasteiger partial charge is 0.150 e. The number of carbonyl (C=O) groups is 2. The Bertz CT molecular complexity index is 217. The Hall–Kier alpha value is -1.44. The minimum Gasteiger partial charge on any atom is -0.303 e. The van der Waals surface area contributed by atoms with Crippen LogP contribution in [0, 0.1) is 0 Å². The number of hydrogen-bond donors (Lipinski definition) is 0. The van der Waals surface area contributed by atoms with Gasteiger partial charge >= 0.3 is 0 Å². The maximum Gasteiger partial charge on any atom is 0.150 e. The van der Waals surface area contributed by atoms with Gasteiger partial charge < -0.3 is 4.79 Å². The fraction of sp³-hybridized carbons (Fsp3) is 0.200. The molecule has 0 aliphatic rings. The molecule has 12 heavy (non-hydrogen) atoms. The van der Waals surface area contributed by atoms with Crippen LogP contribution in [0.2, 0.25) is 0 Å². The summed E-state index contributed by atoms with van der Waals surface area (Å²) in [6.07, 6.45) is 2.35. The second kappa shape index (κ2) is 7.66. The fourth-order valence-corrected chi connectivity index (χ4v) is 0.532. The maximum atomic E-state index is 10.0. The van der Waals surface area contributed by atoms with Crippen molar-refractivity contribution in [2.75, 3.05) is 0 Å². The molecule has 0 unspecified atom stereocenters. The lowest BCUT2D eigenvalue weighted by Crippen LogP contribution is -1.73. The standard InChI is InChI=1S/C7H6O.C3H6O/c8-6-7-4-2-1-3-5-7;1-2-3-4/h1-6H;3H,2H2,1H3. The number of rotatable bonds is 2. The lowest BCUT2D eigenvalue weighted by molar-refractivity contribution is -0.107. The van der Waals surface area contributed by atoms with Gasteiger partial charge in [-0.25, -0.2) is 0 Å². The van der Waals surface area contributed by atoms with Crippen molar-refractivity contribution >= 4 is 12.6 Å². The molecule has 0 saturated carbocycles. The summed E-state index contributed by atoms with van der Waals surface area (Å²) in [5, 5.41) is 0. The minimum absolute atomic E-state index is 0.639. The van der Waals surface area contributed by atoms with Crippen LogP contribution in [0.25, 0.3) is 0 Å². The highest BCUT2D eigenvalue weighted by molar-refractivity contribution is 5.74. The highest BCUT2D eigenvalue weighted by Crippen LogP contribution is 1.91. The second-order valence-electron chi connectivity index (χ2n) is 2.10. The van der Waals surface area contributed by atoms with E-state index in [0.29, 0.717) is 6.42 Å². The van der Waals surface area contributed by atoms with E-state index >= 15 is 0 Å². The van der Waals surface area contributed by atoms with Gasteiger partial charge in [0, 0.05) is 12.0 Å². The van der Waals surface area contributed by atoms with Crippen LogP contribution in [0.1, 0.15) is 23.7 Å². The molecule has 1 aromatic carbocycles. The SMILES string of the molecule is CCC=O.O=Cc1ccccc1. The fourth-order valence-electron chi connectivity index (χ4n) is 0.532. The van der Waals surface area contributed by atoms with Crippen molar-refractivity contribution in [2.45, 2.75) is 13.3 Å². The van der Waals surface area contributed by atoms with Gasteiger partial charge in [0.25, 0.3) is 0 Å². The van der Waals surface area contributed by atoms with E-state index in [1.807, 2.05) is 25.1 Å². The largest absolute Gasteiger partial charge is 0.303 e. The Balaban J connectivity index is 0.000000261. The normalized spacial score (nSPS) is 7.75. The molecule has 0 atom stereocenters. The van der Waals surface area contributed by atoms with Crippen molar-refractivity contribution in [1.82, 2.24) is 0 Å². The molecule has 0 amide bonds. The van der Waals surface area contributed by atoms with Crippen LogP contribution >= 0.6 is 0 Å². The Kier molecular flexibility index (Phi) is 6.74. The van der Waals surface area contributed by atoms with Gasteiger partial charge in [0.15, 0.2) is 0 Å². The van der Waals surface area contributed by atoms with E-state index in [2.05, 4.69) is 0 Å². The van der Waals surface area contributed by atoms with Crippen molar-refractivity contribution in [2.24, 2.45) is 0 Å². The van der Waals surface area contributed by atoms with Gasteiger partial charge in [-0.05, 0) is 0 Å². The van der Waals surface area contributed by atoms with Crippen molar-refractivity contribution in [1.29, 1.82) is 0 Å². The van der Waals surface area contributed by atoms with Crippen LogP contribution in [0.4, 0.5) is 0 Å². The van der Waals surface area contributed by atoms with Gasteiger partial charge in [0.2, 0.25) is 0 Å². The van der Waals surface area contributed by atoms with E-state index in [-0.39, 0.29) is 0 Å². The lowest BCUT2D eigenvalue weighted by Gasteiger charge is -1.81. The van der Waals surface area contributed by atoms with Gasteiger partial charge in [-0.3, -0.25) is 4.79 Å². The molecule has 0 heterocycles. The van der Waals surface area contributed by atoms with E-state index in [1.165, 1.54) is 0 Å². The van der Waals surface area contributed by atoms with Gasteiger partial charge in [0.05, 0.1) is 0 Å². The first-order valence-electron chi connectivity index (χ1n) is 3.79. The van der Waals surface area contributed by atoms with Crippen LogP contribution in [0.3, 0.4) is 0 Å². The monoisotopic (exact) mass is 164 g/mol. The molecule has 2 heteroatoms. The first kappa shape index (κ1) is 10.6. The van der Waals surface area contributed by atoms with Gasteiger partial charge in [-0.2, -0.15) is 0 Å².